The van der Waals surface area contributed by atoms with Crippen molar-refractivity contribution in [2.75, 3.05) is 0 Å². The van der Waals surface area contributed by atoms with Gasteiger partial charge in [-0.05, 0) is 49.1 Å². The van der Waals surface area contributed by atoms with Crippen molar-refractivity contribution in [1.29, 1.82) is 0 Å². The molecule has 1 aliphatic carbocycles. The highest BCUT2D eigenvalue weighted by Crippen LogP contribution is 2.40. The fourth-order valence-corrected chi connectivity index (χ4v) is 3.69. The summed E-state index contributed by atoms with van der Waals surface area (Å²) in [7, 11) is 0. The normalized spacial score (nSPS) is 23.9. The van der Waals surface area contributed by atoms with Crippen LogP contribution in [0.4, 0.5) is 0 Å². The van der Waals surface area contributed by atoms with Crippen LogP contribution in [-0.2, 0) is 12.0 Å². The zero-order chi connectivity index (χ0) is 14.4. The maximum Gasteiger partial charge on any atom is 0.0901 e. The van der Waals surface area contributed by atoms with Gasteiger partial charge >= 0.3 is 0 Å². The summed E-state index contributed by atoms with van der Waals surface area (Å²) in [5.41, 5.74) is 2.01. The van der Waals surface area contributed by atoms with Crippen molar-refractivity contribution < 1.29 is 5.11 Å². The molecule has 1 aliphatic rings. The highest BCUT2D eigenvalue weighted by atomic mass is 16.3. The Bertz CT molecular complexity index is 412. The molecule has 1 aromatic rings. The fourth-order valence-electron chi connectivity index (χ4n) is 3.69. The van der Waals surface area contributed by atoms with Crippen molar-refractivity contribution in [2.45, 2.75) is 77.2 Å². The van der Waals surface area contributed by atoms with Gasteiger partial charge < -0.3 is 5.11 Å². The molecule has 0 saturated heterocycles. The van der Waals surface area contributed by atoms with Crippen LogP contribution in [0.2, 0.25) is 0 Å². The van der Waals surface area contributed by atoms with E-state index in [0.29, 0.717) is 5.92 Å². The highest BCUT2D eigenvalue weighted by molar-refractivity contribution is 5.33. The molecule has 0 aromatic heterocycles. The van der Waals surface area contributed by atoms with Crippen LogP contribution in [0.15, 0.2) is 24.3 Å². The second-order valence-electron chi connectivity index (χ2n) is 6.52. The molecule has 0 heterocycles. The lowest BCUT2D eigenvalue weighted by molar-refractivity contribution is -0.000104. The van der Waals surface area contributed by atoms with Gasteiger partial charge in [0.05, 0.1) is 5.60 Å². The van der Waals surface area contributed by atoms with Gasteiger partial charge in [0.15, 0.2) is 0 Å². The van der Waals surface area contributed by atoms with Gasteiger partial charge in [-0.1, -0.05) is 63.8 Å². The minimum Gasteiger partial charge on any atom is -0.385 e. The maximum absolute atomic E-state index is 11.3. The lowest BCUT2D eigenvalue weighted by atomic mass is 9.78. The van der Waals surface area contributed by atoms with Crippen molar-refractivity contribution in [3.8, 4) is 0 Å². The summed E-state index contributed by atoms with van der Waals surface area (Å²) in [5.74, 6) is 0.658. The van der Waals surface area contributed by atoms with Crippen LogP contribution in [0.3, 0.4) is 0 Å². The molecule has 1 heteroatoms. The van der Waals surface area contributed by atoms with Gasteiger partial charge in [-0.3, -0.25) is 0 Å². The number of rotatable bonds is 6. The van der Waals surface area contributed by atoms with Gasteiger partial charge in [-0.25, -0.2) is 0 Å². The molecule has 1 nitrogen and oxygen atoms in total. The fraction of sp³-hybridized carbons (Fsp3) is 0.684. The van der Waals surface area contributed by atoms with Gasteiger partial charge in [0.1, 0.15) is 0 Å². The largest absolute Gasteiger partial charge is 0.385 e. The smallest absolute Gasteiger partial charge is 0.0901 e. The molecule has 2 rings (SSSR count). The molecule has 0 saturated carbocycles. The second-order valence-corrected chi connectivity index (χ2v) is 6.52. The summed E-state index contributed by atoms with van der Waals surface area (Å²) in [4.78, 5) is 0. The molecule has 1 N–H and O–H groups in total. The number of fused-ring (bicyclic) bond motifs is 1. The van der Waals surface area contributed by atoms with E-state index in [0.717, 1.165) is 25.7 Å². The Morgan fingerprint density at radius 1 is 1.20 bits per heavy atom. The molecule has 0 fully saturated rings. The SMILES string of the molecule is CCCCC(CC)CC1(O)CCCCc2ccccc21. The topological polar surface area (TPSA) is 20.2 Å². The number of hydrogen-bond donors (Lipinski definition) is 1. The van der Waals surface area contributed by atoms with Gasteiger partial charge in [0.25, 0.3) is 0 Å². The lowest BCUT2D eigenvalue weighted by Crippen LogP contribution is -2.29. The number of benzene rings is 1. The monoisotopic (exact) mass is 274 g/mol. The molecule has 2 unspecified atom stereocenters. The first-order valence-corrected chi connectivity index (χ1v) is 8.50. The Morgan fingerprint density at radius 2 is 2.00 bits per heavy atom. The first kappa shape index (κ1) is 15.6. The van der Waals surface area contributed by atoms with Crippen molar-refractivity contribution in [1.82, 2.24) is 0 Å². The molecule has 0 amide bonds. The van der Waals surface area contributed by atoms with Gasteiger partial charge in [0.2, 0.25) is 0 Å². The summed E-state index contributed by atoms with van der Waals surface area (Å²) in [6.07, 6.45) is 10.4. The van der Waals surface area contributed by atoms with Crippen molar-refractivity contribution in [3.63, 3.8) is 0 Å². The predicted molar refractivity (Wildman–Crippen MR) is 85.8 cm³/mol. The van der Waals surface area contributed by atoms with Crippen LogP contribution < -0.4 is 0 Å². The third kappa shape index (κ3) is 3.63. The summed E-state index contributed by atoms with van der Waals surface area (Å²) >= 11 is 0. The van der Waals surface area contributed by atoms with E-state index in [1.807, 2.05) is 0 Å². The van der Waals surface area contributed by atoms with E-state index in [2.05, 4.69) is 38.1 Å². The number of hydrogen-bond acceptors (Lipinski definition) is 1. The number of aryl methyl sites for hydroxylation is 1. The van der Waals surface area contributed by atoms with Crippen LogP contribution in [0, 0.1) is 5.92 Å². The molecule has 20 heavy (non-hydrogen) atoms. The molecule has 112 valence electrons. The Hall–Kier alpha value is -0.820. The van der Waals surface area contributed by atoms with Crippen molar-refractivity contribution >= 4 is 0 Å². The zero-order valence-corrected chi connectivity index (χ0v) is 13.2. The Labute approximate surface area is 124 Å². The minimum absolute atomic E-state index is 0.582. The van der Waals surface area contributed by atoms with Crippen LogP contribution in [0.5, 0.6) is 0 Å². The minimum atomic E-state index is -0.582. The van der Waals surface area contributed by atoms with E-state index >= 15 is 0 Å². The Balaban J connectivity index is 2.19. The third-order valence-electron chi connectivity index (χ3n) is 4.97. The molecule has 0 radical (unpaired) electrons. The van der Waals surface area contributed by atoms with E-state index in [1.54, 1.807) is 0 Å². The van der Waals surface area contributed by atoms with Gasteiger partial charge in [-0.15, -0.1) is 0 Å². The first-order chi connectivity index (χ1) is 9.69. The van der Waals surface area contributed by atoms with Crippen LogP contribution in [0.1, 0.15) is 76.3 Å². The van der Waals surface area contributed by atoms with Crippen LogP contribution in [0.25, 0.3) is 0 Å². The van der Waals surface area contributed by atoms with Crippen molar-refractivity contribution in [2.24, 2.45) is 5.92 Å². The molecule has 0 bridgehead atoms. The Kier molecular flexibility index (Phi) is 5.65. The number of unbranched alkanes of at least 4 members (excludes halogenated alkanes) is 1. The van der Waals surface area contributed by atoms with E-state index in [4.69, 9.17) is 0 Å². The molecule has 0 spiro atoms. The average molecular weight is 274 g/mol. The van der Waals surface area contributed by atoms with Gasteiger partial charge in [-0.2, -0.15) is 0 Å². The quantitative estimate of drug-likeness (QED) is 0.706. The van der Waals surface area contributed by atoms with E-state index in [1.165, 1.54) is 43.2 Å². The average Bonchev–Trinajstić information content (AvgIpc) is 2.64. The molecular weight excluding hydrogens is 244 g/mol. The third-order valence-corrected chi connectivity index (χ3v) is 4.97. The first-order valence-electron chi connectivity index (χ1n) is 8.50. The molecule has 2 atom stereocenters. The summed E-state index contributed by atoms with van der Waals surface area (Å²) in [6.45, 7) is 4.52. The predicted octanol–water partition coefficient (Wildman–Crippen LogP) is 5.21. The van der Waals surface area contributed by atoms with E-state index < -0.39 is 5.60 Å². The van der Waals surface area contributed by atoms with Crippen LogP contribution >= 0.6 is 0 Å². The molecule has 0 aliphatic heterocycles. The van der Waals surface area contributed by atoms with E-state index in [-0.39, 0.29) is 0 Å². The summed E-state index contributed by atoms with van der Waals surface area (Å²) in [5, 5.41) is 11.3. The zero-order valence-electron chi connectivity index (χ0n) is 13.2. The summed E-state index contributed by atoms with van der Waals surface area (Å²) < 4.78 is 0. The highest BCUT2D eigenvalue weighted by Gasteiger charge is 2.34. The van der Waals surface area contributed by atoms with Crippen LogP contribution in [-0.4, -0.2) is 5.11 Å². The Morgan fingerprint density at radius 3 is 2.75 bits per heavy atom. The number of aliphatic hydroxyl groups is 1. The maximum atomic E-state index is 11.3. The molecule has 1 aromatic carbocycles. The standard InChI is InChI=1S/C19H30O/c1-3-5-10-16(4-2)15-19(20)14-9-8-12-17-11-6-7-13-18(17)19/h6-7,11,13,16,20H,3-5,8-10,12,14-15H2,1-2H3. The van der Waals surface area contributed by atoms with Crippen molar-refractivity contribution in [3.05, 3.63) is 35.4 Å². The van der Waals surface area contributed by atoms with Gasteiger partial charge in [0, 0.05) is 0 Å². The second kappa shape index (κ2) is 7.26. The lowest BCUT2D eigenvalue weighted by Gasteiger charge is -2.32. The summed E-state index contributed by atoms with van der Waals surface area (Å²) in [6, 6.07) is 8.56. The molecular formula is C19H30O. The van der Waals surface area contributed by atoms with E-state index in [9.17, 15) is 5.11 Å².